The third kappa shape index (κ3) is 4.22. The third-order valence-electron chi connectivity index (χ3n) is 4.58. The Balaban J connectivity index is 1.57. The summed E-state index contributed by atoms with van der Waals surface area (Å²) in [5.41, 5.74) is 2.99. The molecule has 1 amide bonds. The van der Waals surface area contributed by atoms with Crippen molar-refractivity contribution >= 4 is 11.6 Å². The van der Waals surface area contributed by atoms with Gasteiger partial charge in [-0.15, -0.1) is 0 Å². The van der Waals surface area contributed by atoms with E-state index in [-0.39, 0.29) is 11.8 Å². The fraction of sp³-hybridized carbons (Fsp3) is 0.350. The molecule has 2 N–H and O–H groups in total. The smallest absolute Gasteiger partial charge is 0.227 e. The Kier molecular flexibility index (Phi) is 5.62. The number of carbonyl (C=O) groups excluding carboxylic acids is 1. The molecule has 0 spiro atoms. The van der Waals surface area contributed by atoms with Crippen LogP contribution in [-0.2, 0) is 22.7 Å². The monoisotopic (exact) mass is 324 g/mol. The molecular weight excluding hydrogens is 300 g/mol. The quantitative estimate of drug-likeness (QED) is 0.822. The third-order valence-corrected chi connectivity index (χ3v) is 4.58. The first-order chi connectivity index (χ1) is 11.7. The summed E-state index contributed by atoms with van der Waals surface area (Å²) in [5, 5.41) is 6.28. The Labute approximate surface area is 143 Å². The molecule has 1 unspecified atom stereocenters. The highest BCUT2D eigenvalue weighted by atomic mass is 16.5. The van der Waals surface area contributed by atoms with Crippen molar-refractivity contribution in [1.82, 2.24) is 5.32 Å². The van der Waals surface area contributed by atoms with Gasteiger partial charge in [0.1, 0.15) is 0 Å². The van der Waals surface area contributed by atoms with Crippen molar-refractivity contribution in [2.24, 2.45) is 11.8 Å². The van der Waals surface area contributed by atoms with E-state index in [2.05, 4.69) is 10.6 Å². The molecule has 24 heavy (non-hydrogen) atoms. The van der Waals surface area contributed by atoms with Gasteiger partial charge in [-0.25, -0.2) is 0 Å². The Hall–Kier alpha value is -2.17. The van der Waals surface area contributed by atoms with Gasteiger partial charge in [-0.2, -0.15) is 0 Å². The predicted octanol–water partition coefficient (Wildman–Crippen LogP) is 3.20. The molecule has 1 heterocycles. The van der Waals surface area contributed by atoms with Gasteiger partial charge >= 0.3 is 0 Å². The second kappa shape index (κ2) is 8.08. The largest absolute Gasteiger partial charge is 0.372 e. The van der Waals surface area contributed by atoms with Gasteiger partial charge in [-0.1, -0.05) is 55.5 Å². The van der Waals surface area contributed by atoms with Gasteiger partial charge in [0.2, 0.25) is 5.91 Å². The number of rotatable bonds is 7. The van der Waals surface area contributed by atoms with Crippen LogP contribution in [0.4, 0.5) is 5.69 Å². The van der Waals surface area contributed by atoms with Crippen LogP contribution in [0.5, 0.6) is 0 Å². The molecule has 0 aromatic heterocycles. The SMILES string of the molecule is CC(C(=O)Nc1ccccc1COCc1ccccc1)C1CNC1. The predicted molar refractivity (Wildman–Crippen MR) is 95.5 cm³/mol. The minimum Gasteiger partial charge on any atom is -0.372 e. The molecule has 2 aromatic carbocycles. The molecule has 0 bridgehead atoms. The molecule has 0 saturated carbocycles. The number of hydrogen-bond acceptors (Lipinski definition) is 3. The van der Waals surface area contributed by atoms with Gasteiger partial charge < -0.3 is 15.4 Å². The van der Waals surface area contributed by atoms with Crippen LogP contribution in [0.25, 0.3) is 0 Å². The van der Waals surface area contributed by atoms with Crippen molar-refractivity contribution < 1.29 is 9.53 Å². The number of benzene rings is 2. The number of nitrogens with one attached hydrogen (secondary N) is 2. The fourth-order valence-electron chi connectivity index (χ4n) is 2.75. The highest BCUT2D eigenvalue weighted by Crippen LogP contribution is 2.21. The first-order valence-electron chi connectivity index (χ1n) is 8.45. The standard InChI is InChI=1S/C20H24N2O2/c1-15(18-11-21-12-18)20(23)22-19-10-6-5-9-17(19)14-24-13-16-7-3-2-4-8-16/h2-10,15,18,21H,11-14H2,1H3,(H,22,23). The summed E-state index contributed by atoms with van der Waals surface area (Å²) >= 11 is 0. The molecule has 3 rings (SSSR count). The number of hydrogen-bond donors (Lipinski definition) is 2. The zero-order valence-electron chi connectivity index (χ0n) is 14.0. The van der Waals surface area contributed by atoms with Crippen LogP contribution in [-0.4, -0.2) is 19.0 Å². The highest BCUT2D eigenvalue weighted by molar-refractivity contribution is 5.93. The van der Waals surface area contributed by atoms with Crippen LogP contribution in [0.1, 0.15) is 18.1 Å². The average Bonchev–Trinajstić information content (AvgIpc) is 2.56. The van der Waals surface area contributed by atoms with E-state index in [9.17, 15) is 4.79 Å². The van der Waals surface area contributed by atoms with E-state index in [4.69, 9.17) is 4.74 Å². The van der Waals surface area contributed by atoms with Crippen LogP contribution in [0.3, 0.4) is 0 Å². The Bertz CT molecular complexity index is 668. The van der Waals surface area contributed by atoms with E-state index in [0.29, 0.717) is 19.1 Å². The molecule has 126 valence electrons. The van der Waals surface area contributed by atoms with Gasteiger partial charge in [0, 0.05) is 17.2 Å². The van der Waals surface area contributed by atoms with Crippen LogP contribution < -0.4 is 10.6 Å². The van der Waals surface area contributed by atoms with E-state index in [0.717, 1.165) is 29.9 Å². The van der Waals surface area contributed by atoms with E-state index in [1.807, 2.05) is 61.5 Å². The normalized spacial score (nSPS) is 15.5. The molecule has 0 radical (unpaired) electrons. The molecule has 4 heteroatoms. The summed E-state index contributed by atoms with van der Waals surface area (Å²) in [6.07, 6.45) is 0. The van der Waals surface area contributed by atoms with E-state index in [1.54, 1.807) is 0 Å². The molecule has 1 aliphatic rings. The molecule has 1 atom stereocenters. The van der Waals surface area contributed by atoms with Crippen molar-refractivity contribution in [1.29, 1.82) is 0 Å². The first kappa shape index (κ1) is 16.7. The van der Waals surface area contributed by atoms with E-state index < -0.39 is 0 Å². The van der Waals surface area contributed by atoms with Gasteiger partial charge in [0.05, 0.1) is 13.2 Å². The van der Waals surface area contributed by atoms with Crippen LogP contribution >= 0.6 is 0 Å². The lowest BCUT2D eigenvalue weighted by atomic mass is 9.88. The summed E-state index contributed by atoms with van der Waals surface area (Å²) in [6, 6.07) is 17.9. The Morgan fingerprint density at radius 1 is 1.12 bits per heavy atom. The molecule has 1 aliphatic heterocycles. The maximum Gasteiger partial charge on any atom is 0.227 e. The molecule has 0 aliphatic carbocycles. The second-order valence-electron chi connectivity index (χ2n) is 6.33. The van der Waals surface area contributed by atoms with Crippen LogP contribution in [0.2, 0.25) is 0 Å². The van der Waals surface area contributed by atoms with Gasteiger partial charge in [0.25, 0.3) is 0 Å². The van der Waals surface area contributed by atoms with Crippen molar-refractivity contribution in [3.8, 4) is 0 Å². The number of amides is 1. The average molecular weight is 324 g/mol. The topological polar surface area (TPSA) is 50.4 Å². The van der Waals surface area contributed by atoms with E-state index >= 15 is 0 Å². The Morgan fingerprint density at radius 2 is 1.83 bits per heavy atom. The van der Waals surface area contributed by atoms with Crippen LogP contribution in [0.15, 0.2) is 54.6 Å². The summed E-state index contributed by atoms with van der Waals surface area (Å²) in [6.45, 7) is 4.89. The maximum atomic E-state index is 12.4. The Morgan fingerprint density at radius 3 is 2.54 bits per heavy atom. The summed E-state index contributed by atoms with van der Waals surface area (Å²) in [5.74, 6) is 0.535. The first-order valence-corrected chi connectivity index (χ1v) is 8.45. The van der Waals surface area contributed by atoms with Crippen molar-refractivity contribution in [3.05, 3.63) is 65.7 Å². The summed E-state index contributed by atoms with van der Waals surface area (Å²) in [7, 11) is 0. The summed E-state index contributed by atoms with van der Waals surface area (Å²) < 4.78 is 5.81. The van der Waals surface area contributed by atoms with Crippen molar-refractivity contribution in [2.75, 3.05) is 18.4 Å². The maximum absolute atomic E-state index is 12.4. The number of anilines is 1. The second-order valence-corrected chi connectivity index (χ2v) is 6.33. The van der Waals surface area contributed by atoms with Crippen LogP contribution in [0, 0.1) is 11.8 Å². The lowest BCUT2D eigenvalue weighted by molar-refractivity contribution is -0.121. The molecular formula is C20H24N2O2. The van der Waals surface area contributed by atoms with Crippen molar-refractivity contribution in [2.45, 2.75) is 20.1 Å². The van der Waals surface area contributed by atoms with Gasteiger partial charge in [-0.3, -0.25) is 4.79 Å². The fourth-order valence-corrected chi connectivity index (χ4v) is 2.75. The molecule has 4 nitrogen and oxygen atoms in total. The van der Waals surface area contributed by atoms with Crippen molar-refractivity contribution in [3.63, 3.8) is 0 Å². The molecule has 1 fully saturated rings. The van der Waals surface area contributed by atoms with Gasteiger partial charge in [0.15, 0.2) is 0 Å². The minimum absolute atomic E-state index is 0.0181. The number of para-hydroxylation sites is 1. The summed E-state index contributed by atoms with van der Waals surface area (Å²) in [4.78, 5) is 12.4. The number of ether oxygens (including phenoxy) is 1. The molecule has 2 aromatic rings. The van der Waals surface area contributed by atoms with Gasteiger partial charge in [-0.05, 0) is 30.6 Å². The zero-order chi connectivity index (χ0) is 16.8. The minimum atomic E-state index is 0.0181. The lowest BCUT2D eigenvalue weighted by Gasteiger charge is -2.31. The highest BCUT2D eigenvalue weighted by Gasteiger charge is 2.28. The van der Waals surface area contributed by atoms with E-state index in [1.165, 1.54) is 0 Å². The molecule has 1 saturated heterocycles. The zero-order valence-corrected chi connectivity index (χ0v) is 14.0. The number of carbonyl (C=O) groups is 1. The lowest BCUT2D eigenvalue weighted by Crippen LogP contribution is -2.48.